The van der Waals surface area contributed by atoms with Crippen LogP contribution >= 0.6 is 7.82 Å². The number of aliphatic carboxylic acids is 1. The zero-order valence-electron chi connectivity index (χ0n) is 18.9. The fourth-order valence-electron chi connectivity index (χ4n) is 2.84. The zero-order valence-corrected chi connectivity index (χ0v) is 19.8. The fourth-order valence-corrected chi connectivity index (χ4v) is 3.62. The second kappa shape index (κ2) is 13.8. The van der Waals surface area contributed by atoms with Gasteiger partial charge < -0.3 is 25.2 Å². The molecular weight excluding hydrogens is 465 g/mol. The van der Waals surface area contributed by atoms with Gasteiger partial charge in [0.25, 0.3) is 0 Å². The van der Waals surface area contributed by atoms with Crippen molar-refractivity contribution >= 4 is 19.8 Å². The molecule has 0 bridgehead atoms. The first-order valence-electron chi connectivity index (χ1n) is 10.8. The standard InChI is InChI=1S/C23H30NO9P/c1-2-17-8-3-5-10-20(17)33-21-11-6-4-9-18(21)12-13-22(25)30-14-7-15-31-34(28,29)32-16-19(24)23(26)27/h3-6,8-11,19H,2,7,12-16,24H2,1H3,(H,26,27)(H,28,29)/t19-/m0/s1. The number of aryl methyl sites for hydroxylation is 2. The molecule has 1 unspecified atom stereocenters. The first-order valence-corrected chi connectivity index (χ1v) is 12.3. The molecule has 34 heavy (non-hydrogen) atoms. The molecule has 0 saturated heterocycles. The topological polar surface area (TPSA) is 155 Å². The van der Waals surface area contributed by atoms with Gasteiger partial charge in [-0.2, -0.15) is 0 Å². The van der Waals surface area contributed by atoms with Crippen LogP contribution < -0.4 is 10.5 Å². The number of phosphoric ester groups is 1. The third-order valence-electron chi connectivity index (χ3n) is 4.69. The van der Waals surface area contributed by atoms with Crippen molar-refractivity contribution in [1.29, 1.82) is 0 Å². The number of esters is 1. The lowest BCUT2D eigenvalue weighted by molar-refractivity contribution is -0.143. The highest BCUT2D eigenvalue weighted by Crippen LogP contribution is 2.43. The summed E-state index contributed by atoms with van der Waals surface area (Å²) in [6.07, 6.45) is 1.54. The van der Waals surface area contributed by atoms with Crippen LogP contribution in [0.5, 0.6) is 11.5 Å². The van der Waals surface area contributed by atoms with Crippen LogP contribution in [0.2, 0.25) is 0 Å². The lowest BCUT2D eigenvalue weighted by Gasteiger charge is -2.14. The number of carboxylic acids is 1. The number of carbonyl (C=O) groups is 2. The Morgan fingerprint density at radius 1 is 1.00 bits per heavy atom. The molecule has 0 fully saturated rings. The summed E-state index contributed by atoms with van der Waals surface area (Å²) in [6, 6.07) is 13.8. The number of hydrogen-bond acceptors (Lipinski definition) is 8. The molecule has 2 rings (SSSR count). The molecule has 0 aromatic heterocycles. The number of hydrogen-bond donors (Lipinski definition) is 3. The Hall–Kier alpha value is -2.75. The van der Waals surface area contributed by atoms with Crippen LogP contribution in [0, 0.1) is 0 Å². The molecule has 2 aromatic rings. The van der Waals surface area contributed by atoms with Crippen LogP contribution in [0.25, 0.3) is 0 Å². The van der Waals surface area contributed by atoms with Crippen molar-refractivity contribution in [2.75, 3.05) is 19.8 Å². The number of rotatable bonds is 15. The van der Waals surface area contributed by atoms with Crippen LogP contribution in [0.1, 0.15) is 30.9 Å². The quantitative estimate of drug-likeness (QED) is 0.190. The summed E-state index contributed by atoms with van der Waals surface area (Å²) < 4.78 is 32.1. The third-order valence-corrected chi connectivity index (χ3v) is 5.67. The Labute approximate surface area is 198 Å². The molecule has 0 heterocycles. The lowest BCUT2D eigenvalue weighted by atomic mass is 10.1. The Bertz CT molecular complexity index is 998. The molecule has 10 nitrogen and oxygen atoms in total. The molecule has 2 aromatic carbocycles. The Morgan fingerprint density at radius 3 is 2.26 bits per heavy atom. The lowest BCUT2D eigenvalue weighted by Crippen LogP contribution is -2.34. The van der Waals surface area contributed by atoms with E-state index in [2.05, 4.69) is 11.4 Å². The summed E-state index contributed by atoms with van der Waals surface area (Å²) in [7, 11) is -4.44. The largest absolute Gasteiger partial charge is 0.480 e. The predicted molar refractivity (Wildman–Crippen MR) is 124 cm³/mol. The molecule has 0 aliphatic heterocycles. The van der Waals surface area contributed by atoms with Gasteiger partial charge in [0, 0.05) is 12.8 Å². The van der Waals surface area contributed by atoms with E-state index in [9.17, 15) is 19.0 Å². The van der Waals surface area contributed by atoms with E-state index in [1.165, 1.54) is 0 Å². The molecular formula is C23H30NO9P. The van der Waals surface area contributed by atoms with Crippen molar-refractivity contribution in [3.63, 3.8) is 0 Å². The minimum atomic E-state index is -4.44. The van der Waals surface area contributed by atoms with Gasteiger partial charge >= 0.3 is 19.8 Å². The Morgan fingerprint density at radius 2 is 1.62 bits per heavy atom. The monoisotopic (exact) mass is 495 g/mol. The first kappa shape index (κ1) is 27.5. The second-order valence-corrected chi connectivity index (χ2v) is 8.74. The van der Waals surface area contributed by atoms with Gasteiger partial charge in [0.2, 0.25) is 0 Å². The molecule has 0 spiro atoms. The maximum absolute atomic E-state index is 12.1. The van der Waals surface area contributed by atoms with Gasteiger partial charge in [-0.25, -0.2) is 4.57 Å². The Kier molecular flexibility index (Phi) is 11.2. The van der Waals surface area contributed by atoms with Crippen LogP contribution in [-0.4, -0.2) is 47.8 Å². The van der Waals surface area contributed by atoms with Gasteiger partial charge in [-0.3, -0.25) is 18.6 Å². The highest BCUT2D eigenvalue weighted by Gasteiger charge is 2.24. The van der Waals surface area contributed by atoms with Crippen LogP contribution in [-0.2, 0) is 40.8 Å². The number of para-hydroxylation sites is 2. The molecule has 0 aliphatic carbocycles. The van der Waals surface area contributed by atoms with Gasteiger partial charge in [-0.05, 0) is 36.1 Å². The van der Waals surface area contributed by atoms with Crippen LogP contribution in [0.3, 0.4) is 0 Å². The van der Waals surface area contributed by atoms with Crippen LogP contribution in [0.15, 0.2) is 48.5 Å². The van der Waals surface area contributed by atoms with Crippen molar-refractivity contribution < 1.29 is 42.7 Å². The summed E-state index contributed by atoms with van der Waals surface area (Å²) in [5.74, 6) is -0.354. The highest BCUT2D eigenvalue weighted by atomic mass is 31.2. The molecule has 2 atom stereocenters. The van der Waals surface area contributed by atoms with E-state index in [1.54, 1.807) is 0 Å². The zero-order chi connectivity index (χ0) is 25.0. The van der Waals surface area contributed by atoms with E-state index in [0.717, 1.165) is 23.3 Å². The smallest absolute Gasteiger partial charge is 0.472 e. The molecule has 186 valence electrons. The van der Waals surface area contributed by atoms with Crippen molar-refractivity contribution in [1.82, 2.24) is 0 Å². The van der Waals surface area contributed by atoms with E-state index >= 15 is 0 Å². The van der Waals surface area contributed by atoms with Crippen molar-refractivity contribution in [3.05, 3.63) is 59.7 Å². The number of ether oxygens (including phenoxy) is 2. The van der Waals surface area contributed by atoms with Gasteiger partial charge in [-0.15, -0.1) is 0 Å². The number of carboxylic acid groups (broad SMARTS) is 1. The fraction of sp³-hybridized carbons (Fsp3) is 0.391. The van der Waals surface area contributed by atoms with Crippen LogP contribution in [0.4, 0.5) is 0 Å². The maximum atomic E-state index is 12.1. The van der Waals surface area contributed by atoms with Gasteiger partial charge in [0.15, 0.2) is 0 Å². The first-order chi connectivity index (χ1) is 16.2. The van der Waals surface area contributed by atoms with E-state index < -0.39 is 32.4 Å². The average molecular weight is 495 g/mol. The maximum Gasteiger partial charge on any atom is 0.472 e. The molecule has 0 aliphatic rings. The summed E-state index contributed by atoms with van der Waals surface area (Å²) in [4.78, 5) is 32.1. The number of nitrogens with two attached hydrogens (primary N) is 1. The predicted octanol–water partition coefficient (Wildman–Crippen LogP) is 3.45. The Balaban J connectivity index is 1.73. The van der Waals surface area contributed by atoms with E-state index in [-0.39, 0.29) is 26.1 Å². The number of benzene rings is 2. The molecule has 0 saturated carbocycles. The number of carbonyl (C=O) groups excluding carboxylic acids is 1. The third kappa shape index (κ3) is 9.62. The SMILES string of the molecule is CCc1ccccc1Oc1ccccc1CCC(=O)OCCCOP(=O)(O)OC[C@H](N)C(=O)O. The van der Waals surface area contributed by atoms with Crippen molar-refractivity contribution in [3.8, 4) is 11.5 Å². The second-order valence-electron chi connectivity index (χ2n) is 7.29. The minimum absolute atomic E-state index is 0.0184. The molecule has 11 heteroatoms. The normalized spacial score (nSPS) is 13.6. The summed E-state index contributed by atoms with van der Waals surface area (Å²) in [5.41, 5.74) is 7.14. The highest BCUT2D eigenvalue weighted by molar-refractivity contribution is 7.47. The van der Waals surface area contributed by atoms with Crippen molar-refractivity contribution in [2.24, 2.45) is 5.73 Å². The van der Waals surface area contributed by atoms with E-state index in [4.69, 9.17) is 24.8 Å². The molecule has 4 N–H and O–H groups in total. The summed E-state index contributed by atoms with van der Waals surface area (Å²) >= 11 is 0. The van der Waals surface area contributed by atoms with Gasteiger partial charge in [0.05, 0.1) is 19.8 Å². The van der Waals surface area contributed by atoms with E-state index in [1.807, 2.05) is 48.5 Å². The average Bonchev–Trinajstić information content (AvgIpc) is 2.82. The minimum Gasteiger partial charge on any atom is -0.480 e. The summed E-state index contributed by atoms with van der Waals surface area (Å²) in [5, 5.41) is 8.62. The van der Waals surface area contributed by atoms with Gasteiger partial charge in [-0.1, -0.05) is 43.3 Å². The number of phosphoric acid groups is 1. The summed E-state index contributed by atoms with van der Waals surface area (Å²) in [6.45, 7) is 1.14. The van der Waals surface area contributed by atoms with Crippen molar-refractivity contribution in [2.45, 2.75) is 38.6 Å². The molecule has 0 radical (unpaired) electrons. The van der Waals surface area contributed by atoms with E-state index in [0.29, 0.717) is 12.2 Å². The van der Waals surface area contributed by atoms with Gasteiger partial charge in [0.1, 0.15) is 17.5 Å². The molecule has 0 amide bonds.